The van der Waals surface area contributed by atoms with Crippen LogP contribution in [0, 0.1) is 0 Å². The van der Waals surface area contributed by atoms with Crippen LogP contribution in [0.5, 0.6) is 0 Å². The third-order valence-corrected chi connectivity index (χ3v) is 2.69. The monoisotopic (exact) mass is 284 g/mol. The van der Waals surface area contributed by atoms with Gasteiger partial charge in [-0.3, -0.25) is 14.3 Å². The van der Waals surface area contributed by atoms with Crippen molar-refractivity contribution in [3.05, 3.63) is 20.8 Å². The molecule has 0 saturated carbocycles. The highest BCUT2D eigenvalue weighted by atomic mass is 16.5. The van der Waals surface area contributed by atoms with Crippen LogP contribution in [0.15, 0.2) is 9.59 Å². The zero-order valence-electron chi connectivity index (χ0n) is 11.9. The molecule has 112 valence electrons. The number of ether oxygens (including phenoxy) is 1. The highest BCUT2D eigenvalue weighted by Gasteiger charge is 2.19. The molecule has 1 heterocycles. The van der Waals surface area contributed by atoms with Gasteiger partial charge in [-0.1, -0.05) is 6.92 Å². The van der Waals surface area contributed by atoms with Gasteiger partial charge >= 0.3 is 11.7 Å². The molecule has 1 aromatic heterocycles. The molecule has 1 rings (SSSR count). The van der Waals surface area contributed by atoms with E-state index in [2.05, 4.69) is 10.3 Å². The maximum absolute atomic E-state index is 11.8. The van der Waals surface area contributed by atoms with E-state index in [1.54, 1.807) is 13.8 Å². The van der Waals surface area contributed by atoms with Gasteiger partial charge in [-0.2, -0.15) is 0 Å². The minimum Gasteiger partial charge on any atom is -0.464 e. The lowest BCUT2D eigenvalue weighted by Crippen LogP contribution is -2.37. The number of nitrogens with two attached hydrogens (primary N) is 1. The number of hydrogen-bond donors (Lipinski definition) is 3. The molecule has 0 saturated heterocycles. The normalized spacial score (nSPS) is 11.9. The highest BCUT2D eigenvalue weighted by Crippen LogP contribution is 2.12. The number of nitrogens with one attached hydrogen (secondary N) is 2. The molecule has 8 heteroatoms. The van der Waals surface area contributed by atoms with Gasteiger partial charge < -0.3 is 15.8 Å². The lowest BCUT2D eigenvalue weighted by atomic mass is 10.3. The lowest BCUT2D eigenvalue weighted by Gasteiger charge is -2.16. The topological polar surface area (TPSA) is 119 Å². The van der Waals surface area contributed by atoms with Crippen molar-refractivity contribution in [2.24, 2.45) is 0 Å². The molecule has 1 atom stereocenters. The Labute approximate surface area is 115 Å². The number of H-pyrrole nitrogens is 1. The van der Waals surface area contributed by atoms with Crippen molar-refractivity contribution in [3.8, 4) is 0 Å². The SMILES string of the molecule is CCCn1c(N)c(NC(C)C(=O)OCC)c(=O)[nH]c1=O. The fraction of sp³-hybridized carbons (Fsp3) is 0.583. The minimum atomic E-state index is -0.745. The van der Waals surface area contributed by atoms with Crippen LogP contribution in [0.4, 0.5) is 11.5 Å². The average Bonchev–Trinajstić information content (AvgIpc) is 2.39. The molecule has 0 radical (unpaired) electrons. The van der Waals surface area contributed by atoms with Crippen molar-refractivity contribution in [3.63, 3.8) is 0 Å². The summed E-state index contributed by atoms with van der Waals surface area (Å²) in [5, 5.41) is 2.69. The number of hydrogen-bond acceptors (Lipinski definition) is 6. The predicted octanol–water partition coefficient (Wildman–Crippen LogP) is -0.108. The van der Waals surface area contributed by atoms with Crippen molar-refractivity contribution in [1.29, 1.82) is 0 Å². The molecular weight excluding hydrogens is 264 g/mol. The zero-order chi connectivity index (χ0) is 15.3. The third kappa shape index (κ3) is 3.40. The Hall–Kier alpha value is -2.25. The lowest BCUT2D eigenvalue weighted by molar-refractivity contribution is -0.143. The summed E-state index contributed by atoms with van der Waals surface area (Å²) in [5.74, 6) is -0.490. The number of anilines is 2. The number of carbonyl (C=O) groups excluding carboxylic acids is 1. The minimum absolute atomic E-state index is 0.00129. The van der Waals surface area contributed by atoms with Gasteiger partial charge in [0, 0.05) is 6.54 Å². The van der Waals surface area contributed by atoms with Gasteiger partial charge in [-0.15, -0.1) is 0 Å². The molecule has 0 amide bonds. The summed E-state index contributed by atoms with van der Waals surface area (Å²) in [6.07, 6.45) is 0.684. The van der Waals surface area contributed by atoms with Gasteiger partial charge in [0.25, 0.3) is 5.56 Å². The molecule has 0 bridgehead atoms. The Kier molecular flexibility index (Phi) is 5.36. The van der Waals surface area contributed by atoms with Crippen LogP contribution in [-0.4, -0.2) is 28.2 Å². The molecule has 0 aliphatic heterocycles. The van der Waals surface area contributed by atoms with Crippen LogP contribution in [0.1, 0.15) is 27.2 Å². The Balaban J connectivity index is 3.12. The van der Waals surface area contributed by atoms with Crippen molar-refractivity contribution in [2.45, 2.75) is 39.8 Å². The number of nitrogen functional groups attached to an aromatic ring is 1. The summed E-state index contributed by atoms with van der Waals surface area (Å²) in [7, 11) is 0. The Morgan fingerprint density at radius 2 is 2.10 bits per heavy atom. The van der Waals surface area contributed by atoms with Crippen LogP contribution in [0.3, 0.4) is 0 Å². The van der Waals surface area contributed by atoms with Crippen LogP contribution in [-0.2, 0) is 16.1 Å². The van der Waals surface area contributed by atoms with E-state index in [0.29, 0.717) is 13.0 Å². The third-order valence-electron chi connectivity index (χ3n) is 2.69. The molecular formula is C12H20N4O4. The van der Waals surface area contributed by atoms with Crippen molar-refractivity contribution in [1.82, 2.24) is 9.55 Å². The van der Waals surface area contributed by atoms with E-state index in [1.807, 2.05) is 6.92 Å². The molecule has 0 aliphatic carbocycles. The number of esters is 1. The van der Waals surface area contributed by atoms with Crippen molar-refractivity contribution >= 4 is 17.5 Å². The van der Waals surface area contributed by atoms with Crippen LogP contribution < -0.4 is 22.3 Å². The van der Waals surface area contributed by atoms with Gasteiger partial charge in [0.15, 0.2) is 0 Å². The second-order valence-electron chi connectivity index (χ2n) is 4.29. The molecule has 20 heavy (non-hydrogen) atoms. The number of aromatic amines is 1. The number of nitrogens with zero attached hydrogens (tertiary/aromatic N) is 1. The van der Waals surface area contributed by atoms with Crippen LogP contribution >= 0.6 is 0 Å². The smallest absolute Gasteiger partial charge is 0.330 e. The van der Waals surface area contributed by atoms with Crippen LogP contribution in [0.2, 0.25) is 0 Å². The molecule has 0 aliphatic rings. The fourth-order valence-electron chi connectivity index (χ4n) is 1.72. The van der Waals surface area contributed by atoms with Crippen LogP contribution in [0.25, 0.3) is 0 Å². The Morgan fingerprint density at radius 1 is 1.45 bits per heavy atom. The first kappa shape index (κ1) is 15.8. The molecule has 0 fully saturated rings. The molecule has 8 nitrogen and oxygen atoms in total. The summed E-state index contributed by atoms with van der Waals surface area (Å²) in [4.78, 5) is 37.1. The Bertz CT molecular complexity index is 590. The first-order valence-electron chi connectivity index (χ1n) is 6.48. The fourth-order valence-corrected chi connectivity index (χ4v) is 1.72. The van der Waals surface area contributed by atoms with E-state index in [-0.39, 0.29) is 18.1 Å². The van der Waals surface area contributed by atoms with Gasteiger partial charge in [0.05, 0.1) is 6.61 Å². The second kappa shape index (κ2) is 6.78. The first-order chi connectivity index (χ1) is 9.42. The van der Waals surface area contributed by atoms with E-state index >= 15 is 0 Å². The summed E-state index contributed by atoms with van der Waals surface area (Å²) >= 11 is 0. The largest absolute Gasteiger partial charge is 0.464 e. The summed E-state index contributed by atoms with van der Waals surface area (Å²) in [5.41, 5.74) is 4.60. The Morgan fingerprint density at radius 3 is 2.65 bits per heavy atom. The van der Waals surface area contributed by atoms with E-state index in [0.717, 1.165) is 0 Å². The van der Waals surface area contributed by atoms with Gasteiger partial charge in [0.2, 0.25) is 0 Å². The molecule has 0 aromatic carbocycles. The van der Waals surface area contributed by atoms with E-state index < -0.39 is 23.3 Å². The summed E-state index contributed by atoms with van der Waals surface area (Å²) in [6, 6.07) is -0.745. The molecule has 1 unspecified atom stereocenters. The average molecular weight is 284 g/mol. The predicted molar refractivity (Wildman–Crippen MR) is 75.7 cm³/mol. The molecule has 0 spiro atoms. The molecule has 4 N–H and O–H groups in total. The van der Waals surface area contributed by atoms with Crippen molar-refractivity contribution < 1.29 is 9.53 Å². The van der Waals surface area contributed by atoms with Crippen molar-refractivity contribution in [2.75, 3.05) is 17.7 Å². The standard InChI is InChI=1S/C12H20N4O4/c1-4-6-16-9(13)8(10(17)15-12(16)19)14-7(3)11(18)20-5-2/h7,14H,4-6,13H2,1-3H3,(H,15,17,19). The van der Waals surface area contributed by atoms with E-state index in [1.165, 1.54) is 4.57 Å². The number of rotatable bonds is 6. The van der Waals surface area contributed by atoms with Gasteiger partial charge in [-0.25, -0.2) is 9.59 Å². The molecule has 1 aromatic rings. The van der Waals surface area contributed by atoms with E-state index in [4.69, 9.17) is 10.5 Å². The van der Waals surface area contributed by atoms with E-state index in [9.17, 15) is 14.4 Å². The number of carbonyl (C=O) groups is 1. The second-order valence-corrected chi connectivity index (χ2v) is 4.29. The summed E-state index contributed by atoms with van der Waals surface area (Å²) in [6.45, 7) is 5.74. The quantitative estimate of drug-likeness (QED) is 0.627. The number of aromatic nitrogens is 2. The maximum atomic E-state index is 11.8. The zero-order valence-corrected chi connectivity index (χ0v) is 11.9. The first-order valence-corrected chi connectivity index (χ1v) is 6.48. The maximum Gasteiger partial charge on any atom is 0.330 e. The summed E-state index contributed by atoms with van der Waals surface area (Å²) < 4.78 is 6.09. The highest BCUT2D eigenvalue weighted by molar-refractivity contribution is 5.80. The van der Waals surface area contributed by atoms with Gasteiger partial charge in [-0.05, 0) is 20.3 Å². The van der Waals surface area contributed by atoms with Gasteiger partial charge in [0.1, 0.15) is 17.5 Å².